The van der Waals surface area contributed by atoms with Crippen LogP contribution in [0.1, 0.15) is 26.2 Å². The van der Waals surface area contributed by atoms with Gasteiger partial charge in [0.1, 0.15) is 0 Å². The van der Waals surface area contributed by atoms with Gasteiger partial charge in [-0.2, -0.15) is 0 Å². The van der Waals surface area contributed by atoms with Crippen LogP contribution in [0.15, 0.2) is 0 Å². The maximum atomic E-state index is 3.58. The molecular formula is C9H18N2. The lowest BCUT2D eigenvalue weighted by Gasteiger charge is -2.49. The molecule has 2 heterocycles. The average molecular weight is 154 g/mol. The Morgan fingerprint density at radius 2 is 2.27 bits per heavy atom. The van der Waals surface area contributed by atoms with Crippen LogP contribution in [0.25, 0.3) is 0 Å². The van der Waals surface area contributed by atoms with E-state index in [0.717, 1.165) is 0 Å². The minimum atomic E-state index is 0.550. The molecule has 0 aromatic rings. The van der Waals surface area contributed by atoms with Gasteiger partial charge in [-0.25, -0.2) is 0 Å². The lowest BCUT2D eigenvalue weighted by atomic mass is 9.80. The topological polar surface area (TPSA) is 15.3 Å². The summed E-state index contributed by atoms with van der Waals surface area (Å²) in [5, 5.41) is 3.58. The number of nitrogens with zero attached hydrogens (tertiary/aromatic N) is 1. The number of likely N-dealkylation sites (tertiary alicyclic amines) is 1. The third kappa shape index (κ3) is 1.30. The van der Waals surface area contributed by atoms with Crippen LogP contribution in [0.2, 0.25) is 0 Å². The molecule has 2 fully saturated rings. The van der Waals surface area contributed by atoms with Crippen molar-refractivity contribution in [3.8, 4) is 0 Å². The zero-order valence-corrected chi connectivity index (χ0v) is 7.40. The van der Waals surface area contributed by atoms with Gasteiger partial charge in [-0.1, -0.05) is 6.92 Å². The number of piperidine rings is 1. The van der Waals surface area contributed by atoms with Gasteiger partial charge in [-0.05, 0) is 38.9 Å². The van der Waals surface area contributed by atoms with E-state index in [0.29, 0.717) is 5.54 Å². The largest absolute Gasteiger partial charge is 0.310 e. The molecule has 11 heavy (non-hydrogen) atoms. The van der Waals surface area contributed by atoms with Crippen LogP contribution in [-0.2, 0) is 0 Å². The molecule has 1 atom stereocenters. The van der Waals surface area contributed by atoms with Crippen molar-refractivity contribution in [1.82, 2.24) is 10.2 Å². The Hall–Kier alpha value is -0.0800. The van der Waals surface area contributed by atoms with E-state index in [1.54, 1.807) is 0 Å². The molecule has 2 heteroatoms. The molecule has 0 bridgehead atoms. The number of likely N-dealkylation sites (N-methyl/N-ethyl adjacent to an activating group) is 1. The first-order valence-corrected chi connectivity index (χ1v) is 4.82. The molecule has 0 aromatic heterocycles. The smallest absolute Gasteiger partial charge is 0.0321 e. The van der Waals surface area contributed by atoms with E-state index in [9.17, 15) is 0 Å². The minimum Gasteiger partial charge on any atom is -0.310 e. The number of hydrogen-bond acceptors (Lipinski definition) is 2. The van der Waals surface area contributed by atoms with Gasteiger partial charge in [-0.15, -0.1) is 0 Å². The Kier molecular flexibility index (Phi) is 1.90. The van der Waals surface area contributed by atoms with Gasteiger partial charge in [0.05, 0.1) is 0 Å². The van der Waals surface area contributed by atoms with E-state index in [2.05, 4.69) is 17.1 Å². The molecule has 2 aliphatic rings. The summed E-state index contributed by atoms with van der Waals surface area (Å²) in [7, 11) is 0. The highest BCUT2D eigenvalue weighted by Crippen LogP contribution is 2.29. The van der Waals surface area contributed by atoms with E-state index in [4.69, 9.17) is 0 Å². The summed E-state index contributed by atoms with van der Waals surface area (Å²) in [4.78, 5) is 2.57. The Balaban J connectivity index is 1.92. The molecule has 2 nitrogen and oxygen atoms in total. The first kappa shape index (κ1) is 7.56. The molecule has 1 N–H and O–H groups in total. The molecular weight excluding hydrogens is 136 g/mol. The Morgan fingerprint density at radius 1 is 1.45 bits per heavy atom. The van der Waals surface area contributed by atoms with E-state index >= 15 is 0 Å². The monoisotopic (exact) mass is 154 g/mol. The summed E-state index contributed by atoms with van der Waals surface area (Å²) in [6.07, 6.45) is 4.20. The fourth-order valence-electron chi connectivity index (χ4n) is 2.32. The van der Waals surface area contributed by atoms with Gasteiger partial charge in [0.25, 0.3) is 0 Å². The van der Waals surface area contributed by atoms with Crippen LogP contribution in [0.4, 0.5) is 0 Å². The summed E-state index contributed by atoms with van der Waals surface area (Å²) in [5.41, 5.74) is 0.550. The molecule has 1 spiro atoms. The molecule has 0 aromatic carbocycles. The first-order valence-electron chi connectivity index (χ1n) is 4.82. The molecule has 0 aliphatic carbocycles. The Bertz CT molecular complexity index is 140. The standard InChI is InChI=1S/C9H18N2/c1-2-11-7-3-4-9(8-11)5-6-10-9/h10H,2-8H2,1H3. The summed E-state index contributed by atoms with van der Waals surface area (Å²) < 4.78 is 0. The summed E-state index contributed by atoms with van der Waals surface area (Å²) in [6.45, 7) is 7.35. The van der Waals surface area contributed by atoms with Crippen LogP contribution < -0.4 is 5.32 Å². The summed E-state index contributed by atoms with van der Waals surface area (Å²) >= 11 is 0. The van der Waals surface area contributed by atoms with Crippen LogP contribution in [0.5, 0.6) is 0 Å². The second-order valence-electron chi connectivity index (χ2n) is 3.93. The van der Waals surface area contributed by atoms with E-state index in [1.165, 1.54) is 45.4 Å². The lowest BCUT2D eigenvalue weighted by Crippen LogP contribution is -2.64. The second-order valence-corrected chi connectivity index (χ2v) is 3.93. The van der Waals surface area contributed by atoms with E-state index < -0.39 is 0 Å². The van der Waals surface area contributed by atoms with Crippen LogP contribution >= 0.6 is 0 Å². The normalized spacial score (nSPS) is 39.0. The van der Waals surface area contributed by atoms with Gasteiger partial charge in [0.2, 0.25) is 0 Å². The third-order valence-corrected chi connectivity index (χ3v) is 3.21. The molecule has 0 saturated carbocycles. The van der Waals surface area contributed by atoms with Gasteiger partial charge in [0, 0.05) is 12.1 Å². The number of hydrogen-bond donors (Lipinski definition) is 1. The summed E-state index contributed by atoms with van der Waals surface area (Å²) in [5.74, 6) is 0. The van der Waals surface area contributed by atoms with Crippen molar-refractivity contribution in [2.75, 3.05) is 26.2 Å². The van der Waals surface area contributed by atoms with Crippen molar-refractivity contribution < 1.29 is 0 Å². The zero-order chi connectivity index (χ0) is 7.73. The third-order valence-electron chi connectivity index (χ3n) is 3.21. The quantitative estimate of drug-likeness (QED) is 0.602. The Morgan fingerprint density at radius 3 is 2.82 bits per heavy atom. The van der Waals surface area contributed by atoms with Crippen molar-refractivity contribution in [3.63, 3.8) is 0 Å². The van der Waals surface area contributed by atoms with Crippen molar-refractivity contribution in [3.05, 3.63) is 0 Å². The van der Waals surface area contributed by atoms with Gasteiger partial charge in [-0.3, -0.25) is 0 Å². The van der Waals surface area contributed by atoms with Gasteiger partial charge in [0.15, 0.2) is 0 Å². The van der Waals surface area contributed by atoms with Crippen molar-refractivity contribution in [1.29, 1.82) is 0 Å². The molecule has 1 unspecified atom stereocenters. The van der Waals surface area contributed by atoms with Crippen molar-refractivity contribution >= 4 is 0 Å². The molecule has 2 rings (SSSR count). The van der Waals surface area contributed by atoms with E-state index in [-0.39, 0.29) is 0 Å². The molecule has 64 valence electrons. The predicted octanol–water partition coefficient (Wildman–Crippen LogP) is 0.834. The second kappa shape index (κ2) is 2.76. The zero-order valence-electron chi connectivity index (χ0n) is 7.40. The molecule has 2 aliphatic heterocycles. The van der Waals surface area contributed by atoms with Crippen LogP contribution in [-0.4, -0.2) is 36.6 Å². The highest BCUT2D eigenvalue weighted by Gasteiger charge is 2.39. The fraction of sp³-hybridized carbons (Fsp3) is 1.00. The van der Waals surface area contributed by atoms with Crippen LogP contribution in [0.3, 0.4) is 0 Å². The SMILES string of the molecule is CCN1CCCC2(CCN2)C1. The minimum absolute atomic E-state index is 0.550. The van der Waals surface area contributed by atoms with Gasteiger partial charge >= 0.3 is 0 Å². The molecule has 2 saturated heterocycles. The van der Waals surface area contributed by atoms with Crippen molar-refractivity contribution in [2.45, 2.75) is 31.7 Å². The van der Waals surface area contributed by atoms with Gasteiger partial charge < -0.3 is 10.2 Å². The average Bonchev–Trinajstić information content (AvgIpc) is 2.02. The Labute approximate surface area is 69.0 Å². The molecule has 0 amide bonds. The van der Waals surface area contributed by atoms with Crippen molar-refractivity contribution in [2.24, 2.45) is 0 Å². The summed E-state index contributed by atoms with van der Waals surface area (Å²) in [6, 6.07) is 0. The van der Waals surface area contributed by atoms with E-state index in [1.807, 2.05) is 0 Å². The number of rotatable bonds is 1. The molecule has 0 radical (unpaired) electrons. The maximum Gasteiger partial charge on any atom is 0.0321 e. The highest BCUT2D eigenvalue weighted by atomic mass is 15.2. The fourth-order valence-corrected chi connectivity index (χ4v) is 2.32. The van der Waals surface area contributed by atoms with Crippen LogP contribution in [0, 0.1) is 0 Å². The highest BCUT2D eigenvalue weighted by molar-refractivity contribution is 5.00. The number of nitrogens with one attached hydrogen (secondary N) is 1. The predicted molar refractivity (Wildman–Crippen MR) is 46.7 cm³/mol. The lowest BCUT2D eigenvalue weighted by molar-refractivity contribution is 0.0751. The maximum absolute atomic E-state index is 3.58. The first-order chi connectivity index (χ1) is 5.35.